The number of hydrogen-bond donors (Lipinski definition) is 1. The number of nitrogens with two attached hydrogens (primary N) is 1. The second kappa shape index (κ2) is 7.39. The van der Waals surface area contributed by atoms with Crippen molar-refractivity contribution in [2.24, 2.45) is 0 Å². The van der Waals surface area contributed by atoms with Crippen LogP contribution in [-0.2, 0) is 6.54 Å². The van der Waals surface area contributed by atoms with Crippen molar-refractivity contribution < 1.29 is 9.32 Å². The topological polar surface area (TPSA) is 98.1 Å². The van der Waals surface area contributed by atoms with Gasteiger partial charge in [0.15, 0.2) is 0 Å². The molecule has 0 aliphatic heterocycles. The maximum Gasteiger partial charge on any atom is 0.273 e. The van der Waals surface area contributed by atoms with Gasteiger partial charge in [0, 0.05) is 24.0 Å². The monoisotopic (exact) mass is 335 g/mol. The lowest BCUT2D eigenvalue weighted by Gasteiger charge is -2.18. The minimum absolute atomic E-state index is 0.154. The van der Waals surface area contributed by atoms with Gasteiger partial charge in [-0.05, 0) is 12.1 Å². The third-order valence-electron chi connectivity index (χ3n) is 3.47. The second-order valence-electron chi connectivity index (χ2n) is 5.33. The van der Waals surface area contributed by atoms with Crippen molar-refractivity contribution in [3.63, 3.8) is 0 Å². The first kappa shape index (κ1) is 16.4. The number of benzene rings is 1. The zero-order valence-electron chi connectivity index (χ0n) is 13.5. The Bertz CT molecular complexity index is 876. The molecule has 0 saturated carbocycles. The van der Waals surface area contributed by atoms with Crippen LogP contribution in [0.5, 0.6) is 0 Å². The first-order valence-corrected chi connectivity index (χ1v) is 7.67. The molecule has 0 saturated heterocycles. The summed E-state index contributed by atoms with van der Waals surface area (Å²) in [6.45, 7) is 4.15. The zero-order chi connectivity index (χ0) is 17.6. The highest BCUT2D eigenvalue weighted by molar-refractivity contribution is 5.93. The molecule has 1 aromatic carbocycles. The van der Waals surface area contributed by atoms with Crippen LogP contribution in [0.4, 0.5) is 5.69 Å². The Morgan fingerprint density at radius 3 is 2.80 bits per heavy atom. The molecule has 0 radical (unpaired) electrons. The molecule has 0 spiro atoms. The van der Waals surface area contributed by atoms with Gasteiger partial charge >= 0.3 is 0 Å². The van der Waals surface area contributed by atoms with Crippen molar-refractivity contribution in [1.29, 1.82) is 0 Å². The fourth-order valence-electron chi connectivity index (χ4n) is 2.29. The van der Waals surface area contributed by atoms with E-state index in [1.165, 1.54) is 17.2 Å². The first-order valence-electron chi connectivity index (χ1n) is 7.67. The molecule has 3 aromatic rings. The third-order valence-corrected chi connectivity index (χ3v) is 3.47. The molecule has 25 heavy (non-hydrogen) atoms. The van der Waals surface area contributed by atoms with Crippen LogP contribution in [0.15, 0.2) is 65.8 Å². The van der Waals surface area contributed by atoms with Crippen LogP contribution in [0.1, 0.15) is 16.4 Å². The molecule has 0 aliphatic carbocycles. The SMILES string of the molecule is C=CCN(Cc1nc(-c2ccccc2)no1)C(=O)c1cc(N)ccn1. The Hall–Kier alpha value is -3.48. The number of anilines is 1. The van der Waals surface area contributed by atoms with Gasteiger partial charge in [-0.2, -0.15) is 4.98 Å². The van der Waals surface area contributed by atoms with Crippen molar-refractivity contribution in [1.82, 2.24) is 20.0 Å². The largest absolute Gasteiger partial charge is 0.399 e. The van der Waals surface area contributed by atoms with Crippen LogP contribution < -0.4 is 5.73 Å². The Labute approximate surface area is 144 Å². The van der Waals surface area contributed by atoms with Gasteiger partial charge in [0.1, 0.15) is 12.2 Å². The summed E-state index contributed by atoms with van der Waals surface area (Å²) >= 11 is 0. The maximum absolute atomic E-state index is 12.6. The molecule has 1 amide bonds. The van der Waals surface area contributed by atoms with E-state index in [9.17, 15) is 4.79 Å². The van der Waals surface area contributed by atoms with Crippen LogP contribution in [0.3, 0.4) is 0 Å². The van der Waals surface area contributed by atoms with E-state index >= 15 is 0 Å². The number of pyridine rings is 1. The van der Waals surface area contributed by atoms with E-state index in [1.807, 2.05) is 30.3 Å². The minimum atomic E-state index is -0.285. The van der Waals surface area contributed by atoms with Crippen LogP contribution in [0.25, 0.3) is 11.4 Å². The van der Waals surface area contributed by atoms with E-state index in [1.54, 1.807) is 12.1 Å². The summed E-state index contributed by atoms with van der Waals surface area (Å²) in [6, 6.07) is 12.6. The number of rotatable bonds is 6. The summed E-state index contributed by atoms with van der Waals surface area (Å²) in [7, 11) is 0. The zero-order valence-corrected chi connectivity index (χ0v) is 13.5. The summed E-state index contributed by atoms with van der Waals surface area (Å²) in [4.78, 5) is 22.6. The van der Waals surface area contributed by atoms with Crippen LogP contribution in [0.2, 0.25) is 0 Å². The van der Waals surface area contributed by atoms with E-state index in [4.69, 9.17) is 10.3 Å². The molecule has 7 nitrogen and oxygen atoms in total. The number of amides is 1. The smallest absolute Gasteiger partial charge is 0.273 e. The molecule has 2 N–H and O–H groups in total. The minimum Gasteiger partial charge on any atom is -0.399 e. The second-order valence-corrected chi connectivity index (χ2v) is 5.33. The Morgan fingerprint density at radius 1 is 1.28 bits per heavy atom. The lowest BCUT2D eigenvalue weighted by atomic mass is 10.2. The van der Waals surface area contributed by atoms with Gasteiger partial charge in [0.25, 0.3) is 5.91 Å². The number of carbonyl (C=O) groups is 1. The number of nitrogen functional groups attached to an aromatic ring is 1. The third kappa shape index (κ3) is 3.89. The van der Waals surface area contributed by atoms with Gasteiger partial charge in [-0.1, -0.05) is 41.6 Å². The standard InChI is InChI=1S/C18H17N5O2/c1-2-10-23(18(24)15-11-14(19)8-9-20-15)12-16-21-17(22-25-16)13-6-4-3-5-7-13/h2-9,11H,1,10,12H2,(H2,19,20). The van der Waals surface area contributed by atoms with Gasteiger partial charge < -0.3 is 15.2 Å². The summed E-state index contributed by atoms with van der Waals surface area (Å²) in [5.74, 6) is 0.522. The average Bonchev–Trinajstić information content (AvgIpc) is 3.10. The van der Waals surface area contributed by atoms with E-state index in [0.29, 0.717) is 23.9 Å². The van der Waals surface area contributed by atoms with Crippen LogP contribution >= 0.6 is 0 Å². The highest BCUT2D eigenvalue weighted by Crippen LogP contribution is 2.16. The average molecular weight is 335 g/mol. The van der Waals surface area contributed by atoms with Crippen molar-refractivity contribution in [2.45, 2.75) is 6.54 Å². The number of aromatic nitrogens is 3. The van der Waals surface area contributed by atoms with Crippen molar-refractivity contribution in [3.05, 3.63) is 72.9 Å². The lowest BCUT2D eigenvalue weighted by Crippen LogP contribution is -2.31. The molecule has 7 heteroatoms. The van der Waals surface area contributed by atoms with Gasteiger partial charge in [-0.3, -0.25) is 9.78 Å². The lowest BCUT2D eigenvalue weighted by molar-refractivity contribution is 0.0739. The molecule has 0 unspecified atom stereocenters. The van der Waals surface area contributed by atoms with Crippen molar-refractivity contribution in [3.8, 4) is 11.4 Å². The molecule has 0 bridgehead atoms. The molecule has 0 aliphatic rings. The fraction of sp³-hybridized carbons (Fsp3) is 0.111. The molecule has 0 fully saturated rings. The molecule has 0 atom stereocenters. The van der Waals surface area contributed by atoms with Crippen LogP contribution in [-0.4, -0.2) is 32.5 Å². The summed E-state index contributed by atoms with van der Waals surface area (Å²) in [6.07, 6.45) is 3.12. The quantitative estimate of drug-likeness (QED) is 0.695. The predicted octanol–water partition coefficient (Wildman–Crippen LogP) is 2.54. The number of hydrogen-bond acceptors (Lipinski definition) is 6. The van der Waals surface area contributed by atoms with E-state index in [2.05, 4.69) is 21.7 Å². The van der Waals surface area contributed by atoms with E-state index < -0.39 is 0 Å². The normalized spacial score (nSPS) is 10.4. The van der Waals surface area contributed by atoms with Crippen molar-refractivity contribution >= 4 is 11.6 Å². The summed E-state index contributed by atoms with van der Waals surface area (Å²) in [5, 5.41) is 3.96. The van der Waals surface area contributed by atoms with E-state index in [0.717, 1.165) is 5.56 Å². The molecule has 2 heterocycles. The van der Waals surface area contributed by atoms with Gasteiger partial charge in [0.2, 0.25) is 11.7 Å². The Balaban J connectivity index is 1.79. The fourth-order valence-corrected chi connectivity index (χ4v) is 2.29. The molecule has 3 rings (SSSR count). The van der Waals surface area contributed by atoms with Crippen LogP contribution in [0, 0.1) is 0 Å². The maximum atomic E-state index is 12.6. The summed E-state index contributed by atoms with van der Waals surface area (Å²) < 4.78 is 5.27. The Morgan fingerprint density at radius 2 is 2.08 bits per heavy atom. The number of nitrogens with zero attached hydrogens (tertiary/aromatic N) is 4. The first-order chi connectivity index (χ1) is 12.2. The highest BCUT2D eigenvalue weighted by atomic mass is 16.5. The number of carbonyl (C=O) groups excluding carboxylic acids is 1. The Kier molecular flexibility index (Phi) is 4.84. The van der Waals surface area contributed by atoms with Gasteiger partial charge in [-0.25, -0.2) is 0 Å². The van der Waals surface area contributed by atoms with Crippen molar-refractivity contribution in [2.75, 3.05) is 12.3 Å². The highest BCUT2D eigenvalue weighted by Gasteiger charge is 2.19. The molecular formula is C18H17N5O2. The summed E-state index contributed by atoms with van der Waals surface area (Å²) in [5.41, 5.74) is 7.29. The predicted molar refractivity (Wildman–Crippen MR) is 93.3 cm³/mol. The van der Waals surface area contributed by atoms with Gasteiger partial charge in [0.05, 0.1) is 0 Å². The molecular weight excluding hydrogens is 318 g/mol. The van der Waals surface area contributed by atoms with E-state index in [-0.39, 0.29) is 18.1 Å². The molecule has 2 aromatic heterocycles. The molecule has 126 valence electrons. The van der Waals surface area contributed by atoms with Gasteiger partial charge in [-0.15, -0.1) is 6.58 Å².